The first-order valence-electron chi connectivity index (χ1n) is 10.4. The third kappa shape index (κ3) is 9.88. The van der Waals surface area contributed by atoms with Crippen molar-refractivity contribution in [2.75, 3.05) is 12.0 Å². The van der Waals surface area contributed by atoms with E-state index in [1.807, 2.05) is 6.26 Å². The number of rotatable bonds is 14. The summed E-state index contributed by atoms with van der Waals surface area (Å²) in [5, 5.41) is 26.9. The number of nitrogens with one attached hydrogen (secondary N) is 3. The first-order chi connectivity index (χ1) is 14.4. The minimum atomic E-state index is -1.38. The SMILES string of the molecule is CCC(C)C(NC(=O)C(NC(=O)C(CCSC)NC(=O)C(N)C(C)C)C(C)O)C(=O)O. The average Bonchev–Trinajstić information content (AvgIpc) is 2.70. The van der Waals surface area contributed by atoms with Gasteiger partial charge in [-0.05, 0) is 37.2 Å². The minimum Gasteiger partial charge on any atom is -0.480 e. The number of aliphatic hydroxyl groups excluding tert-OH is 1. The van der Waals surface area contributed by atoms with Crippen LogP contribution in [0.25, 0.3) is 0 Å². The van der Waals surface area contributed by atoms with Crippen molar-refractivity contribution in [1.29, 1.82) is 0 Å². The predicted octanol–water partition coefficient (Wildman–Crippen LogP) is -0.311. The third-order valence-corrected chi connectivity index (χ3v) is 5.75. The molecule has 0 aromatic rings. The van der Waals surface area contributed by atoms with Crippen LogP contribution >= 0.6 is 11.8 Å². The molecule has 180 valence electrons. The van der Waals surface area contributed by atoms with Crippen LogP contribution < -0.4 is 21.7 Å². The Hall–Kier alpha value is -1.85. The summed E-state index contributed by atoms with van der Waals surface area (Å²) in [4.78, 5) is 49.3. The summed E-state index contributed by atoms with van der Waals surface area (Å²) < 4.78 is 0. The van der Waals surface area contributed by atoms with Crippen LogP contribution in [-0.2, 0) is 19.2 Å². The van der Waals surface area contributed by atoms with Crippen molar-refractivity contribution in [2.24, 2.45) is 17.6 Å². The first-order valence-corrected chi connectivity index (χ1v) is 11.8. The molecule has 3 amide bonds. The van der Waals surface area contributed by atoms with E-state index in [0.29, 0.717) is 18.6 Å². The summed E-state index contributed by atoms with van der Waals surface area (Å²) in [6.07, 6.45) is 1.37. The molecule has 0 aliphatic carbocycles. The molecule has 0 spiro atoms. The lowest BCUT2D eigenvalue weighted by atomic mass is 9.98. The quantitative estimate of drug-likeness (QED) is 0.204. The standard InChI is InChI=1S/C20H38N4O6S/c1-7-11(4)15(20(29)30)23-19(28)16(12(5)25)24-17(26)13(8-9-31-6)22-18(27)14(21)10(2)3/h10-16,25H,7-9,21H2,1-6H3,(H,22,27)(H,23,28)(H,24,26)(H,29,30). The highest BCUT2D eigenvalue weighted by molar-refractivity contribution is 7.98. The molecule has 0 aromatic carbocycles. The van der Waals surface area contributed by atoms with Crippen LogP contribution in [0.2, 0.25) is 0 Å². The van der Waals surface area contributed by atoms with E-state index < -0.39 is 54.0 Å². The lowest BCUT2D eigenvalue weighted by molar-refractivity contribution is -0.144. The Balaban J connectivity index is 5.43. The van der Waals surface area contributed by atoms with Gasteiger partial charge in [0.2, 0.25) is 17.7 Å². The molecule has 0 rings (SSSR count). The van der Waals surface area contributed by atoms with Crippen LogP contribution in [0.3, 0.4) is 0 Å². The Morgan fingerprint density at radius 1 is 0.935 bits per heavy atom. The fraction of sp³-hybridized carbons (Fsp3) is 0.800. The van der Waals surface area contributed by atoms with Gasteiger partial charge >= 0.3 is 5.97 Å². The Kier molecular flexibility index (Phi) is 13.4. The van der Waals surface area contributed by atoms with E-state index in [1.54, 1.807) is 27.7 Å². The lowest BCUT2D eigenvalue weighted by Gasteiger charge is -2.28. The molecule has 0 bridgehead atoms. The highest BCUT2D eigenvalue weighted by Crippen LogP contribution is 2.09. The van der Waals surface area contributed by atoms with Crippen molar-refractivity contribution in [3.8, 4) is 0 Å². The maximum atomic E-state index is 12.8. The summed E-state index contributed by atoms with van der Waals surface area (Å²) in [6, 6.07) is -4.30. The number of carbonyl (C=O) groups is 4. The zero-order chi connectivity index (χ0) is 24.3. The van der Waals surface area contributed by atoms with Crippen molar-refractivity contribution in [1.82, 2.24) is 16.0 Å². The fourth-order valence-corrected chi connectivity index (χ4v) is 3.13. The molecular formula is C20H38N4O6S. The molecule has 0 radical (unpaired) electrons. The Bertz CT molecular complexity index is 616. The average molecular weight is 463 g/mol. The number of hydrogen-bond acceptors (Lipinski definition) is 7. The second kappa shape index (κ2) is 14.3. The van der Waals surface area contributed by atoms with Crippen LogP contribution in [0, 0.1) is 11.8 Å². The highest BCUT2D eigenvalue weighted by Gasteiger charge is 2.34. The third-order valence-electron chi connectivity index (χ3n) is 5.10. The van der Waals surface area contributed by atoms with Crippen molar-refractivity contribution < 1.29 is 29.4 Å². The van der Waals surface area contributed by atoms with Crippen molar-refractivity contribution in [3.63, 3.8) is 0 Å². The van der Waals surface area contributed by atoms with Gasteiger partial charge in [0.05, 0.1) is 12.1 Å². The molecule has 0 saturated heterocycles. The number of amides is 3. The van der Waals surface area contributed by atoms with Gasteiger partial charge in [0.25, 0.3) is 0 Å². The molecule has 0 aliphatic heterocycles. The largest absolute Gasteiger partial charge is 0.480 e. The fourth-order valence-electron chi connectivity index (χ4n) is 2.66. The molecule has 0 saturated carbocycles. The van der Waals surface area contributed by atoms with Crippen molar-refractivity contribution in [2.45, 2.75) is 77.7 Å². The predicted molar refractivity (Wildman–Crippen MR) is 120 cm³/mol. The van der Waals surface area contributed by atoms with Crippen LogP contribution in [0.15, 0.2) is 0 Å². The number of carboxylic acids is 1. The summed E-state index contributed by atoms with van der Waals surface area (Å²) in [6.45, 7) is 8.35. The number of carboxylic acid groups (broad SMARTS) is 1. The summed E-state index contributed by atoms with van der Waals surface area (Å²) >= 11 is 1.48. The molecule has 0 aromatic heterocycles. The van der Waals surface area contributed by atoms with E-state index in [9.17, 15) is 29.4 Å². The van der Waals surface area contributed by atoms with Gasteiger partial charge in [-0.25, -0.2) is 4.79 Å². The molecule has 6 atom stereocenters. The summed E-state index contributed by atoms with van der Waals surface area (Å²) in [5.41, 5.74) is 5.85. The Morgan fingerprint density at radius 3 is 1.90 bits per heavy atom. The molecule has 10 nitrogen and oxygen atoms in total. The zero-order valence-corrected chi connectivity index (χ0v) is 20.0. The second-order valence-corrected chi connectivity index (χ2v) is 9.03. The number of nitrogens with two attached hydrogens (primary N) is 1. The summed E-state index contributed by atoms with van der Waals surface area (Å²) in [5.74, 6) is -3.08. The lowest BCUT2D eigenvalue weighted by Crippen LogP contribution is -2.60. The normalized spacial score (nSPS) is 17.1. The zero-order valence-electron chi connectivity index (χ0n) is 19.2. The van der Waals surface area contributed by atoms with E-state index in [0.717, 1.165) is 0 Å². The maximum Gasteiger partial charge on any atom is 0.326 e. The Morgan fingerprint density at radius 2 is 1.48 bits per heavy atom. The van der Waals surface area contributed by atoms with E-state index in [1.165, 1.54) is 18.7 Å². The number of thioether (sulfide) groups is 1. The molecule has 11 heteroatoms. The van der Waals surface area contributed by atoms with Gasteiger partial charge in [-0.2, -0.15) is 11.8 Å². The maximum absolute atomic E-state index is 12.8. The van der Waals surface area contributed by atoms with Gasteiger partial charge in [0.1, 0.15) is 18.1 Å². The molecule has 0 aliphatic rings. The van der Waals surface area contributed by atoms with Gasteiger partial charge < -0.3 is 31.9 Å². The van der Waals surface area contributed by atoms with Crippen LogP contribution in [0.1, 0.15) is 47.5 Å². The molecule has 0 heterocycles. The molecule has 7 N–H and O–H groups in total. The topological polar surface area (TPSA) is 171 Å². The number of aliphatic carboxylic acids is 1. The van der Waals surface area contributed by atoms with Gasteiger partial charge in [-0.1, -0.05) is 34.1 Å². The molecule has 6 unspecified atom stereocenters. The molecule has 0 fully saturated rings. The second-order valence-electron chi connectivity index (χ2n) is 8.05. The van der Waals surface area contributed by atoms with E-state index in [2.05, 4.69) is 16.0 Å². The number of carbonyl (C=O) groups excluding carboxylic acids is 3. The van der Waals surface area contributed by atoms with Gasteiger partial charge in [-0.3, -0.25) is 14.4 Å². The van der Waals surface area contributed by atoms with Crippen LogP contribution in [-0.4, -0.2) is 76.2 Å². The van der Waals surface area contributed by atoms with E-state index >= 15 is 0 Å². The van der Waals surface area contributed by atoms with Crippen molar-refractivity contribution >= 4 is 35.5 Å². The summed E-state index contributed by atoms with van der Waals surface area (Å²) in [7, 11) is 0. The van der Waals surface area contributed by atoms with Crippen molar-refractivity contribution in [3.05, 3.63) is 0 Å². The minimum absolute atomic E-state index is 0.131. The van der Waals surface area contributed by atoms with Crippen LogP contribution in [0.5, 0.6) is 0 Å². The first kappa shape index (κ1) is 29.1. The smallest absolute Gasteiger partial charge is 0.326 e. The van der Waals surface area contributed by atoms with E-state index in [4.69, 9.17) is 5.73 Å². The molecular weight excluding hydrogens is 424 g/mol. The van der Waals surface area contributed by atoms with Crippen LogP contribution in [0.4, 0.5) is 0 Å². The van der Waals surface area contributed by atoms with Gasteiger partial charge in [0, 0.05) is 0 Å². The Labute approximate surface area is 188 Å². The monoisotopic (exact) mass is 462 g/mol. The van der Waals surface area contributed by atoms with Gasteiger partial charge in [-0.15, -0.1) is 0 Å². The van der Waals surface area contributed by atoms with E-state index in [-0.39, 0.29) is 11.8 Å². The van der Waals surface area contributed by atoms with Gasteiger partial charge in [0.15, 0.2) is 0 Å². The number of hydrogen-bond donors (Lipinski definition) is 6. The number of aliphatic hydroxyl groups is 1. The highest BCUT2D eigenvalue weighted by atomic mass is 32.2. The molecule has 31 heavy (non-hydrogen) atoms.